The molecule has 2 heteroatoms. The topological polar surface area (TPSA) is 12.5 Å². The van der Waals surface area contributed by atoms with Crippen molar-refractivity contribution in [2.75, 3.05) is 31.7 Å². The van der Waals surface area contributed by atoms with E-state index in [-0.39, 0.29) is 0 Å². The van der Waals surface area contributed by atoms with Gasteiger partial charge in [0.15, 0.2) is 0 Å². The van der Waals surface area contributed by atoms with Gasteiger partial charge in [-0.25, -0.2) is 0 Å². The van der Waals surface area contributed by atoms with Crippen LogP contribution in [0.4, 0.5) is 5.69 Å². The van der Waals surface area contributed by atoms with E-state index in [1.54, 1.807) is 0 Å². The van der Waals surface area contributed by atoms with Gasteiger partial charge < -0.3 is 9.64 Å². The van der Waals surface area contributed by atoms with E-state index in [1.807, 2.05) is 6.92 Å². The first-order chi connectivity index (χ1) is 8.66. The van der Waals surface area contributed by atoms with E-state index in [9.17, 15) is 0 Å². The van der Waals surface area contributed by atoms with Crippen molar-refractivity contribution < 1.29 is 4.74 Å². The Morgan fingerprint density at radius 3 is 2.44 bits per heavy atom. The van der Waals surface area contributed by atoms with Gasteiger partial charge in [-0.1, -0.05) is 24.3 Å². The highest BCUT2D eigenvalue weighted by molar-refractivity contribution is 5.63. The summed E-state index contributed by atoms with van der Waals surface area (Å²) in [6.07, 6.45) is 2.38. The average Bonchev–Trinajstić information content (AvgIpc) is 2.40. The number of nitrogens with zero attached hydrogens (tertiary/aromatic N) is 1. The smallest absolute Gasteiger partial charge is 0.0469 e. The summed E-state index contributed by atoms with van der Waals surface area (Å²) in [6.45, 7) is 8.98. The highest BCUT2D eigenvalue weighted by Crippen LogP contribution is 2.21. The van der Waals surface area contributed by atoms with E-state index in [0.717, 1.165) is 31.2 Å². The number of benzene rings is 1. The zero-order valence-electron chi connectivity index (χ0n) is 11.5. The molecule has 1 aliphatic heterocycles. The lowest BCUT2D eigenvalue weighted by molar-refractivity contribution is 0.0685. The third-order valence-corrected chi connectivity index (χ3v) is 3.67. The van der Waals surface area contributed by atoms with Gasteiger partial charge in [0.05, 0.1) is 0 Å². The Kier molecular flexibility index (Phi) is 4.43. The van der Waals surface area contributed by atoms with Gasteiger partial charge in [-0.3, -0.25) is 0 Å². The molecule has 1 heterocycles. The fraction of sp³-hybridized carbons (Fsp3) is 0.500. The molecule has 0 unspecified atom stereocenters. The van der Waals surface area contributed by atoms with E-state index in [4.69, 9.17) is 4.74 Å². The summed E-state index contributed by atoms with van der Waals surface area (Å²) in [7, 11) is 2.17. The minimum atomic E-state index is 0.768. The molecule has 0 radical (unpaired) electrons. The molecule has 1 aromatic carbocycles. The third-order valence-electron chi connectivity index (χ3n) is 3.67. The lowest BCUT2D eigenvalue weighted by Gasteiger charge is -2.28. The van der Waals surface area contributed by atoms with E-state index < -0.39 is 0 Å². The van der Waals surface area contributed by atoms with Gasteiger partial charge in [0.2, 0.25) is 0 Å². The van der Waals surface area contributed by atoms with Gasteiger partial charge in [-0.2, -0.15) is 0 Å². The largest absolute Gasteiger partial charge is 0.381 e. The Bertz CT molecular complexity index is 390. The molecular formula is C16H23NO. The second-order valence-corrected chi connectivity index (χ2v) is 5.26. The minimum Gasteiger partial charge on any atom is -0.381 e. The summed E-state index contributed by atoms with van der Waals surface area (Å²) in [4.78, 5) is 2.35. The molecule has 18 heavy (non-hydrogen) atoms. The Balaban J connectivity index is 1.95. The third kappa shape index (κ3) is 3.36. The fourth-order valence-electron chi connectivity index (χ4n) is 2.42. The van der Waals surface area contributed by atoms with E-state index in [2.05, 4.69) is 42.8 Å². The van der Waals surface area contributed by atoms with Crippen molar-refractivity contribution in [2.45, 2.75) is 19.8 Å². The van der Waals surface area contributed by atoms with Crippen molar-refractivity contribution in [3.05, 3.63) is 36.4 Å². The number of hydrogen-bond donors (Lipinski definition) is 0. The monoisotopic (exact) mass is 245 g/mol. The van der Waals surface area contributed by atoms with Gasteiger partial charge >= 0.3 is 0 Å². The van der Waals surface area contributed by atoms with Gasteiger partial charge in [0.25, 0.3) is 0 Å². The van der Waals surface area contributed by atoms with Crippen molar-refractivity contribution in [2.24, 2.45) is 5.92 Å². The number of hydrogen-bond acceptors (Lipinski definition) is 2. The molecule has 1 fully saturated rings. The molecule has 0 aromatic heterocycles. The van der Waals surface area contributed by atoms with Gasteiger partial charge in [0, 0.05) is 32.5 Å². The number of allylic oxidation sites excluding steroid dienone is 1. The Morgan fingerprint density at radius 1 is 1.28 bits per heavy atom. The molecule has 0 aliphatic carbocycles. The maximum atomic E-state index is 5.40. The number of anilines is 1. The van der Waals surface area contributed by atoms with Crippen LogP contribution in [-0.4, -0.2) is 26.8 Å². The van der Waals surface area contributed by atoms with Crippen molar-refractivity contribution in [3.8, 4) is 0 Å². The lowest BCUT2D eigenvalue weighted by atomic mass is 9.99. The second-order valence-electron chi connectivity index (χ2n) is 5.26. The predicted molar refractivity (Wildman–Crippen MR) is 78.0 cm³/mol. The van der Waals surface area contributed by atoms with Crippen LogP contribution in [0.1, 0.15) is 25.3 Å². The molecule has 1 aliphatic rings. The van der Waals surface area contributed by atoms with Crippen LogP contribution in [0.3, 0.4) is 0 Å². The molecular weight excluding hydrogens is 222 g/mol. The SMILES string of the molecule is C=C(C)c1ccc(N(C)CC2CCOCC2)cc1. The zero-order valence-corrected chi connectivity index (χ0v) is 11.5. The Morgan fingerprint density at radius 2 is 1.89 bits per heavy atom. The molecule has 0 spiro atoms. The van der Waals surface area contributed by atoms with E-state index in [0.29, 0.717) is 0 Å². The molecule has 2 nitrogen and oxygen atoms in total. The molecule has 2 rings (SSSR count). The molecule has 0 bridgehead atoms. The Hall–Kier alpha value is -1.28. The van der Waals surface area contributed by atoms with Crippen LogP contribution < -0.4 is 4.90 Å². The van der Waals surface area contributed by atoms with Crippen LogP contribution in [0.5, 0.6) is 0 Å². The maximum absolute atomic E-state index is 5.40. The molecule has 0 N–H and O–H groups in total. The van der Waals surface area contributed by atoms with Crippen LogP contribution >= 0.6 is 0 Å². The summed E-state index contributed by atoms with van der Waals surface area (Å²) >= 11 is 0. The maximum Gasteiger partial charge on any atom is 0.0469 e. The van der Waals surface area contributed by atoms with Gasteiger partial charge in [-0.15, -0.1) is 0 Å². The number of rotatable bonds is 4. The Labute approximate surface area is 110 Å². The van der Waals surface area contributed by atoms with Crippen molar-refractivity contribution in [1.29, 1.82) is 0 Å². The first-order valence-electron chi connectivity index (χ1n) is 6.71. The van der Waals surface area contributed by atoms with E-state index in [1.165, 1.54) is 24.1 Å². The fourth-order valence-corrected chi connectivity index (χ4v) is 2.42. The quantitative estimate of drug-likeness (QED) is 0.804. The summed E-state index contributed by atoms with van der Waals surface area (Å²) in [5.41, 5.74) is 3.62. The summed E-state index contributed by atoms with van der Waals surface area (Å²) < 4.78 is 5.40. The van der Waals surface area contributed by atoms with Crippen LogP contribution in [0.2, 0.25) is 0 Å². The van der Waals surface area contributed by atoms with Crippen LogP contribution in [0, 0.1) is 5.92 Å². The second kappa shape index (κ2) is 6.05. The first kappa shape index (κ1) is 13.2. The van der Waals surface area contributed by atoms with Crippen LogP contribution in [0.25, 0.3) is 5.57 Å². The standard InChI is InChI=1S/C16H23NO/c1-13(2)15-4-6-16(7-5-15)17(3)12-14-8-10-18-11-9-14/h4-7,14H,1,8-12H2,2-3H3. The van der Waals surface area contributed by atoms with E-state index >= 15 is 0 Å². The molecule has 0 amide bonds. The average molecular weight is 245 g/mol. The zero-order chi connectivity index (χ0) is 13.0. The predicted octanol–water partition coefficient (Wildman–Crippen LogP) is 3.58. The molecule has 0 atom stereocenters. The normalized spacial score (nSPS) is 16.6. The molecule has 98 valence electrons. The highest BCUT2D eigenvalue weighted by Gasteiger charge is 2.15. The summed E-state index contributed by atoms with van der Waals surface area (Å²) in [5, 5.41) is 0. The summed E-state index contributed by atoms with van der Waals surface area (Å²) in [6, 6.07) is 8.67. The lowest BCUT2D eigenvalue weighted by Crippen LogP contribution is -2.29. The van der Waals surface area contributed by atoms with Crippen molar-refractivity contribution >= 4 is 11.3 Å². The minimum absolute atomic E-state index is 0.768. The van der Waals surface area contributed by atoms with Gasteiger partial charge in [-0.05, 0) is 43.4 Å². The summed E-state index contributed by atoms with van der Waals surface area (Å²) in [5.74, 6) is 0.768. The molecule has 1 aromatic rings. The van der Waals surface area contributed by atoms with Crippen molar-refractivity contribution in [3.63, 3.8) is 0 Å². The van der Waals surface area contributed by atoms with Gasteiger partial charge in [0.1, 0.15) is 0 Å². The highest BCUT2D eigenvalue weighted by atomic mass is 16.5. The van der Waals surface area contributed by atoms with Crippen molar-refractivity contribution in [1.82, 2.24) is 0 Å². The first-order valence-corrected chi connectivity index (χ1v) is 6.71. The molecule has 1 saturated heterocycles. The number of ether oxygens (including phenoxy) is 1. The van der Waals surface area contributed by atoms with Crippen LogP contribution in [-0.2, 0) is 4.74 Å². The molecule has 0 saturated carbocycles. The van der Waals surface area contributed by atoms with Crippen LogP contribution in [0.15, 0.2) is 30.8 Å².